The Kier molecular flexibility index (Phi) is 57.4. The first-order valence-corrected chi connectivity index (χ1v) is 33.5. The van der Waals surface area contributed by atoms with Crippen molar-refractivity contribution in [1.82, 2.24) is 0 Å². The summed E-state index contributed by atoms with van der Waals surface area (Å²) < 4.78 is 34.1. The Morgan fingerprint density at radius 2 is 0.704 bits per heavy atom. The summed E-state index contributed by atoms with van der Waals surface area (Å²) in [5, 5.41) is 0. The molecule has 0 N–H and O–H groups in total. The van der Waals surface area contributed by atoms with Gasteiger partial charge in [0.2, 0.25) is 0 Å². The predicted molar refractivity (Wildman–Crippen MR) is 346 cm³/mol. The SMILES string of the molecule is CC/C=C\C/C=C\C/C=C\C/C=C\C/C=C\C/C=C\C/C=C\C/C=C\C/C=C\C/C=C\C/C=C\CCCCCCCCCC(=O)OC(COC(=O)CCCCCCC/C=C\CCCCCCCCC)COP(=O)([O-])OCC[N+](C)(C)C. The van der Waals surface area contributed by atoms with Gasteiger partial charge in [-0.15, -0.1) is 0 Å². The quantitative estimate of drug-likeness (QED) is 0.0195. The van der Waals surface area contributed by atoms with Gasteiger partial charge in [-0.05, 0) is 122 Å². The Morgan fingerprint density at radius 1 is 0.395 bits per heavy atom. The molecular weight excluding hydrogens is 1030 g/mol. The van der Waals surface area contributed by atoms with Crippen LogP contribution in [0.5, 0.6) is 0 Å². The predicted octanol–water partition coefficient (Wildman–Crippen LogP) is 20.0. The van der Waals surface area contributed by atoms with E-state index in [1.807, 2.05) is 21.1 Å². The number of likely N-dealkylation sites (N-methyl/N-ethyl adjacent to an activating group) is 1. The number of nitrogens with zero attached hydrogens (tertiary/aromatic N) is 1. The zero-order chi connectivity index (χ0) is 59.1. The fourth-order valence-corrected chi connectivity index (χ4v) is 8.91. The fraction of sp³-hybridized carbons (Fsp3) is 0.634. The molecule has 0 spiro atoms. The van der Waals surface area contributed by atoms with Gasteiger partial charge in [-0.25, -0.2) is 0 Å². The number of esters is 2. The summed E-state index contributed by atoms with van der Waals surface area (Å²) in [4.78, 5) is 37.9. The molecule has 0 aromatic carbocycles. The second kappa shape index (κ2) is 60.5. The number of hydrogen-bond donors (Lipinski definition) is 0. The number of phosphoric acid groups is 1. The second-order valence-electron chi connectivity index (χ2n) is 22.0. The molecule has 0 aliphatic rings. The zero-order valence-corrected chi connectivity index (χ0v) is 53.1. The number of allylic oxidation sites excluding steroid dienone is 24. The van der Waals surface area contributed by atoms with Crippen molar-refractivity contribution < 1.29 is 42.1 Å². The Morgan fingerprint density at radius 3 is 1.06 bits per heavy atom. The van der Waals surface area contributed by atoms with E-state index in [0.29, 0.717) is 23.9 Å². The lowest BCUT2D eigenvalue weighted by Gasteiger charge is -2.28. The van der Waals surface area contributed by atoms with Crippen molar-refractivity contribution in [2.24, 2.45) is 0 Å². The number of quaternary nitrogens is 1. The van der Waals surface area contributed by atoms with Gasteiger partial charge in [0.15, 0.2) is 6.10 Å². The van der Waals surface area contributed by atoms with Gasteiger partial charge in [0, 0.05) is 12.8 Å². The molecular formula is C71H118NO8P. The summed E-state index contributed by atoms with van der Waals surface area (Å²) in [5.74, 6) is -0.863. The summed E-state index contributed by atoms with van der Waals surface area (Å²) in [6.45, 7) is 4.09. The van der Waals surface area contributed by atoms with Crippen LogP contribution in [-0.4, -0.2) is 70.0 Å². The summed E-state index contributed by atoms with van der Waals surface area (Å²) >= 11 is 0. The van der Waals surface area contributed by atoms with Crippen LogP contribution in [-0.2, 0) is 32.7 Å². The van der Waals surface area contributed by atoms with Crippen molar-refractivity contribution in [3.8, 4) is 0 Å². The highest BCUT2D eigenvalue weighted by Gasteiger charge is 2.22. The molecule has 0 heterocycles. The standard InChI is InChI=1S/C71H118NO8P/c1-6-8-10-12-14-16-18-20-22-24-25-26-27-28-29-30-31-32-33-34-35-36-37-38-39-40-41-42-43-44-45-46-47-48-50-52-54-56-58-60-62-64-71(74)80-69(68-79-81(75,76)78-66-65-72(3,4)5)67-77-70(73)63-61-59-57-55-53-51-49-23-21-19-17-15-13-11-9-7-2/h8,10,14,16,20,22-23,25-26,28-29,31-32,34-35,37-38,40-41,43-44,46-47,49,69H,6-7,9,11-13,15,17-19,21,24,27,30,33,36,39,42,45,48,50-68H2,1-5H3/b10-8-,16-14-,22-20-,26-25-,29-28-,32-31-,35-34-,38-37-,41-40-,44-43-,47-46-,49-23-. The maximum Gasteiger partial charge on any atom is 0.306 e. The maximum atomic E-state index is 12.8. The molecule has 0 amide bonds. The minimum absolute atomic E-state index is 0.0411. The van der Waals surface area contributed by atoms with Gasteiger partial charge in [0.25, 0.3) is 7.82 Å². The molecule has 2 atom stereocenters. The summed E-state index contributed by atoms with van der Waals surface area (Å²) in [5.41, 5.74) is 0. The summed E-state index contributed by atoms with van der Waals surface area (Å²) in [6, 6.07) is 0. The monoisotopic (exact) mass is 1140 g/mol. The molecule has 10 heteroatoms. The molecule has 0 aliphatic carbocycles. The lowest BCUT2D eigenvalue weighted by Crippen LogP contribution is -2.37. The van der Waals surface area contributed by atoms with Crippen molar-refractivity contribution in [2.75, 3.05) is 47.5 Å². The third-order valence-corrected chi connectivity index (χ3v) is 14.1. The van der Waals surface area contributed by atoms with E-state index in [1.165, 1.54) is 64.2 Å². The molecule has 81 heavy (non-hydrogen) atoms. The van der Waals surface area contributed by atoms with Crippen molar-refractivity contribution in [3.63, 3.8) is 0 Å². The summed E-state index contributed by atoms with van der Waals surface area (Å²) in [7, 11) is 1.14. The molecule has 460 valence electrons. The van der Waals surface area contributed by atoms with Gasteiger partial charge in [-0.1, -0.05) is 250 Å². The van der Waals surface area contributed by atoms with Crippen molar-refractivity contribution >= 4 is 19.8 Å². The van der Waals surface area contributed by atoms with Crippen molar-refractivity contribution in [1.29, 1.82) is 0 Å². The topological polar surface area (TPSA) is 111 Å². The van der Waals surface area contributed by atoms with E-state index in [0.717, 1.165) is 135 Å². The molecule has 9 nitrogen and oxygen atoms in total. The van der Waals surface area contributed by atoms with Crippen LogP contribution in [0.3, 0.4) is 0 Å². The van der Waals surface area contributed by atoms with E-state index in [1.54, 1.807) is 0 Å². The van der Waals surface area contributed by atoms with Gasteiger partial charge >= 0.3 is 11.9 Å². The van der Waals surface area contributed by atoms with Gasteiger partial charge in [-0.2, -0.15) is 0 Å². The first kappa shape index (κ1) is 76.9. The number of unbranched alkanes of at least 4 members (excludes halogenated alkanes) is 19. The lowest BCUT2D eigenvalue weighted by atomic mass is 10.1. The Bertz CT molecular complexity index is 1880. The van der Waals surface area contributed by atoms with E-state index in [9.17, 15) is 19.0 Å². The van der Waals surface area contributed by atoms with Crippen LogP contribution < -0.4 is 4.89 Å². The second-order valence-corrected chi connectivity index (χ2v) is 23.4. The van der Waals surface area contributed by atoms with Crippen LogP contribution in [0.15, 0.2) is 146 Å². The molecule has 0 bridgehead atoms. The first-order chi connectivity index (χ1) is 39.5. The van der Waals surface area contributed by atoms with E-state index < -0.39 is 32.5 Å². The number of carbonyl (C=O) groups is 2. The number of phosphoric ester groups is 1. The van der Waals surface area contributed by atoms with Crippen LogP contribution in [0.25, 0.3) is 0 Å². The number of carbonyl (C=O) groups excluding carboxylic acids is 2. The molecule has 2 unspecified atom stereocenters. The molecule has 0 saturated carbocycles. The average Bonchev–Trinajstić information content (AvgIpc) is 3.43. The Hall–Kier alpha value is -4.11. The van der Waals surface area contributed by atoms with Crippen LogP contribution in [0.4, 0.5) is 0 Å². The van der Waals surface area contributed by atoms with Gasteiger partial charge in [-0.3, -0.25) is 14.2 Å². The van der Waals surface area contributed by atoms with Gasteiger partial charge < -0.3 is 27.9 Å². The van der Waals surface area contributed by atoms with E-state index in [4.69, 9.17) is 18.5 Å². The average molecular weight is 1140 g/mol. The molecule has 0 rings (SSSR count). The minimum Gasteiger partial charge on any atom is -0.756 e. The minimum atomic E-state index is -4.65. The Balaban J connectivity index is 4.14. The number of ether oxygens (including phenoxy) is 2. The molecule has 0 aliphatic heterocycles. The fourth-order valence-electron chi connectivity index (χ4n) is 8.18. The first-order valence-electron chi connectivity index (χ1n) is 32.0. The molecule has 0 aromatic heterocycles. The highest BCUT2D eigenvalue weighted by Crippen LogP contribution is 2.38. The largest absolute Gasteiger partial charge is 0.756 e. The lowest BCUT2D eigenvalue weighted by molar-refractivity contribution is -0.870. The van der Waals surface area contributed by atoms with Crippen LogP contribution in [0, 0.1) is 0 Å². The van der Waals surface area contributed by atoms with Gasteiger partial charge in [0.05, 0.1) is 27.7 Å². The number of rotatable bonds is 57. The van der Waals surface area contributed by atoms with E-state index in [2.05, 4.69) is 160 Å². The maximum absolute atomic E-state index is 12.8. The van der Waals surface area contributed by atoms with Crippen molar-refractivity contribution in [3.05, 3.63) is 146 Å². The number of hydrogen-bond acceptors (Lipinski definition) is 8. The third-order valence-electron chi connectivity index (χ3n) is 13.1. The molecule has 0 radical (unpaired) electrons. The van der Waals surface area contributed by atoms with Crippen LogP contribution in [0.1, 0.15) is 239 Å². The molecule has 0 fully saturated rings. The van der Waals surface area contributed by atoms with E-state index in [-0.39, 0.29) is 26.1 Å². The third kappa shape index (κ3) is 64.9. The van der Waals surface area contributed by atoms with Crippen LogP contribution >= 0.6 is 7.82 Å². The normalized spacial score (nSPS) is 14.2. The summed E-state index contributed by atoms with van der Waals surface area (Å²) in [6.07, 6.45) is 89.1. The molecule has 0 saturated heterocycles. The highest BCUT2D eigenvalue weighted by molar-refractivity contribution is 7.45. The van der Waals surface area contributed by atoms with E-state index >= 15 is 0 Å². The van der Waals surface area contributed by atoms with Crippen LogP contribution in [0.2, 0.25) is 0 Å². The zero-order valence-electron chi connectivity index (χ0n) is 52.2. The van der Waals surface area contributed by atoms with Crippen molar-refractivity contribution in [2.45, 2.75) is 245 Å². The smallest absolute Gasteiger partial charge is 0.306 e. The Labute approximate surface area is 497 Å². The molecule has 0 aromatic rings. The highest BCUT2D eigenvalue weighted by atomic mass is 31.2. The van der Waals surface area contributed by atoms with Gasteiger partial charge in [0.1, 0.15) is 19.8 Å².